The topological polar surface area (TPSA) is 71.0 Å². The summed E-state index contributed by atoms with van der Waals surface area (Å²) in [5, 5.41) is 6.41. The maximum Gasteiger partial charge on any atom is 0.270 e. The highest BCUT2D eigenvalue weighted by Gasteiger charge is 2.26. The number of anilines is 1. The first-order chi connectivity index (χ1) is 11.6. The Morgan fingerprint density at radius 3 is 2.28 bits per heavy atom. The van der Waals surface area contributed by atoms with Crippen molar-refractivity contribution >= 4 is 23.7 Å². The molecule has 0 heterocycles. The molecule has 1 unspecified atom stereocenters. The largest absolute Gasteiger partial charge is 0.383 e. The molecule has 0 bridgehead atoms. The quantitative estimate of drug-likeness (QED) is 0.608. The Bertz CT molecular complexity index is 631. The number of carbonyl (C=O) groups excluding carboxylic acids is 2. The predicted octanol–water partition coefficient (Wildman–Crippen LogP) is 3.28. The molecule has 0 aliphatic carbocycles. The molecule has 25 heavy (non-hydrogen) atoms. The third kappa shape index (κ3) is 5.89. The van der Waals surface area contributed by atoms with Crippen molar-refractivity contribution in [3.8, 4) is 0 Å². The first-order valence-electron chi connectivity index (χ1n) is 8.53. The molecular weight excluding hydrogens is 318 g/mol. The molecule has 0 aliphatic heterocycles. The van der Waals surface area contributed by atoms with Crippen LogP contribution in [0.5, 0.6) is 0 Å². The van der Waals surface area contributed by atoms with Crippen molar-refractivity contribution in [3.63, 3.8) is 0 Å². The molecule has 2 amide bonds. The van der Waals surface area contributed by atoms with Crippen molar-refractivity contribution in [2.24, 2.45) is 5.16 Å². The second-order valence-corrected chi connectivity index (χ2v) is 6.65. The van der Waals surface area contributed by atoms with Gasteiger partial charge in [-0.25, -0.2) is 0 Å². The first kappa shape index (κ1) is 20.7. The van der Waals surface area contributed by atoms with Gasteiger partial charge in [0.1, 0.15) is 6.21 Å². The van der Waals surface area contributed by atoms with E-state index in [4.69, 9.17) is 4.84 Å². The zero-order chi connectivity index (χ0) is 19.1. The molecule has 138 valence electrons. The lowest BCUT2D eigenvalue weighted by atomic mass is 10.1. The molecule has 1 N–H and O–H groups in total. The highest BCUT2D eigenvalue weighted by Crippen LogP contribution is 2.17. The number of hydrogen-bond donors (Lipinski definition) is 1. The summed E-state index contributed by atoms with van der Waals surface area (Å²) in [6.45, 7) is 13.3. The van der Waals surface area contributed by atoms with Gasteiger partial charge < -0.3 is 15.1 Å². The van der Waals surface area contributed by atoms with Crippen molar-refractivity contribution in [2.75, 3.05) is 5.32 Å². The number of oxime groups is 1. The molecule has 0 saturated carbocycles. The fourth-order valence-electron chi connectivity index (χ4n) is 2.58. The van der Waals surface area contributed by atoms with Crippen LogP contribution in [0.25, 0.3) is 0 Å². The van der Waals surface area contributed by atoms with Crippen LogP contribution in [0.2, 0.25) is 0 Å². The van der Waals surface area contributed by atoms with Gasteiger partial charge in [0.05, 0.1) is 0 Å². The van der Waals surface area contributed by atoms with Crippen LogP contribution in [0, 0.1) is 13.8 Å². The van der Waals surface area contributed by atoms with E-state index >= 15 is 0 Å². The van der Waals surface area contributed by atoms with Crippen LogP contribution in [0.4, 0.5) is 5.69 Å². The summed E-state index contributed by atoms with van der Waals surface area (Å²) in [7, 11) is 0. The standard InChI is InChI=1S/C19H29N3O3/c1-12(2)22(13(3)4)19(24)16(7)25-20-11-18(23)21-17-10-8-9-14(5)15(17)6/h8-13,16H,1-7H3,(H,21,23)/b20-11+. The minimum absolute atomic E-state index is 0.0649. The molecule has 0 fully saturated rings. The van der Waals surface area contributed by atoms with E-state index in [1.165, 1.54) is 0 Å². The number of hydrogen-bond acceptors (Lipinski definition) is 4. The zero-order valence-corrected chi connectivity index (χ0v) is 16.2. The summed E-state index contributed by atoms with van der Waals surface area (Å²) >= 11 is 0. The highest BCUT2D eigenvalue weighted by molar-refractivity contribution is 6.31. The number of amides is 2. The van der Waals surface area contributed by atoms with E-state index in [1.807, 2.05) is 59.7 Å². The highest BCUT2D eigenvalue weighted by atomic mass is 16.6. The molecule has 0 saturated heterocycles. The number of nitrogens with zero attached hydrogens (tertiary/aromatic N) is 2. The fourth-order valence-corrected chi connectivity index (χ4v) is 2.58. The van der Waals surface area contributed by atoms with E-state index in [0.29, 0.717) is 0 Å². The van der Waals surface area contributed by atoms with Crippen LogP contribution in [0.3, 0.4) is 0 Å². The maximum absolute atomic E-state index is 12.4. The molecule has 6 heteroatoms. The maximum atomic E-state index is 12.4. The van der Waals surface area contributed by atoms with E-state index in [2.05, 4.69) is 10.5 Å². The molecule has 0 aromatic heterocycles. The van der Waals surface area contributed by atoms with E-state index < -0.39 is 12.0 Å². The molecule has 0 aliphatic rings. The number of aryl methyl sites for hydroxylation is 1. The van der Waals surface area contributed by atoms with Crippen molar-refractivity contribution in [2.45, 2.75) is 66.7 Å². The van der Waals surface area contributed by atoms with Gasteiger partial charge in [-0.15, -0.1) is 0 Å². The van der Waals surface area contributed by atoms with Crippen molar-refractivity contribution in [1.82, 2.24) is 4.90 Å². The van der Waals surface area contributed by atoms with Crippen LogP contribution in [0.1, 0.15) is 45.7 Å². The monoisotopic (exact) mass is 347 g/mol. The van der Waals surface area contributed by atoms with E-state index in [9.17, 15) is 9.59 Å². The number of nitrogens with one attached hydrogen (secondary N) is 1. The molecule has 1 aromatic carbocycles. The van der Waals surface area contributed by atoms with Gasteiger partial charge in [0, 0.05) is 17.8 Å². The summed E-state index contributed by atoms with van der Waals surface area (Å²) < 4.78 is 0. The van der Waals surface area contributed by atoms with E-state index in [0.717, 1.165) is 23.0 Å². The predicted molar refractivity (Wildman–Crippen MR) is 101 cm³/mol. The lowest BCUT2D eigenvalue weighted by Gasteiger charge is -2.32. The Balaban J connectivity index is 2.62. The zero-order valence-electron chi connectivity index (χ0n) is 16.2. The molecule has 0 spiro atoms. The molecule has 6 nitrogen and oxygen atoms in total. The number of benzene rings is 1. The lowest BCUT2D eigenvalue weighted by Crippen LogP contribution is -2.46. The summed E-state index contributed by atoms with van der Waals surface area (Å²) in [5.41, 5.74) is 2.82. The van der Waals surface area contributed by atoms with Gasteiger partial charge in [-0.1, -0.05) is 17.3 Å². The van der Waals surface area contributed by atoms with Crippen molar-refractivity contribution < 1.29 is 14.4 Å². The van der Waals surface area contributed by atoms with Crippen LogP contribution in [-0.4, -0.2) is 41.1 Å². The van der Waals surface area contributed by atoms with Gasteiger partial charge in [0.25, 0.3) is 11.8 Å². The third-order valence-corrected chi connectivity index (χ3v) is 3.97. The summed E-state index contributed by atoms with van der Waals surface area (Å²) in [4.78, 5) is 31.2. The van der Waals surface area contributed by atoms with Crippen molar-refractivity contribution in [1.29, 1.82) is 0 Å². The minimum Gasteiger partial charge on any atom is -0.383 e. The normalized spacial score (nSPS) is 12.5. The van der Waals surface area contributed by atoms with Gasteiger partial charge in [-0.05, 0) is 65.7 Å². The number of rotatable bonds is 7. The summed E-state index contributed by atoms with van der Waals surface area (Å²) in [6, 6.07) is 5.80. The smallest absolute Gasteiger partial charge is 0.270 e. The van der Waals surface area contributed by atoms with Crippen LogP contribution >= 0.6 is 0 Å². The van der Waals surface area contributed by atoms with Crippen LogP contribution in [-0.2, 0) is 14.4 Å². The summed E-state index contributed by atoms with van der Waals surface area (Å²) in [6.07, 6.45) is 0.287. The van der Waals surface area contributed by atoms with Crippen molar-refractivity contribution in [3.05, 3.63) is 29.3 Å². The molecule has 0 radical (unpaired) electrons. The fraction of sp³-hybridized carbons (Fsp3) is 0.526. The van der Waals surface area contributed by atoms with Gasteiger partial charge in [-0.3, -0.25) is 9.59 Å². The average molecular weight is 347 g/mol. The molecule has 1 rings (SSSR count). The Kier molecular flexibility index (Phi) is 7.61. The van der Waals surface area contributed by atoms with Crippen LogP contribution in [0.15, 0.2) is 23.4 Å². The van der Waals surface area contributed by atoms with Gasteiger partial charge in [0.15, 0.2) is 0 Å². The van der Waals surface area contributed by atoms with Gasteiger partial charge in [0.2, 0.25) is 6.10 Å². The Morgan fingerprint density at radius 1 is 1.12 bits per heavy atom. The summed E-state index contributed by atoms with van der Waals surface area (Å²) in [5.74, 6) is -0.560. The van der Waals surface area contributed by atoms with E-state index in [1.54, 1.807) is 11.8 Å². The van der Waals surface area contributed by atoms with Gasteiger partial charge >= 0.3 is 0 Å². The first-order valence-corrected chi connectivity index (χ1v) is 8.53. The van der Waals surface area contributed by atoms with Gasteiger partial charge in [-0.2, -0.15) is 0 Å². The minimum atomic E-state index is -0.755. The molecular formula is C19H29N3O3. The lowest BCUT2D eigenvalue weighted by molar-refractivity contribution is -0.146. The third-order valence-electron chi connectivity index (χ3n) is 3.97. The van der Waals surface area contributed by atoms with Crippen LogP contribution < -0.4 is 5.32 Å². The SMILES string of the molecule is Cc1cccc(NC(=O)/C=N/OC(C)C(=O)N(C(C)C)C(C)C)c1C. The Morgan fingerprint density at radius 2 is 1.72 bits per heavy atom. The second-order valence-electron chi connectivity index (χ2n) is 6.65. The number of carbonyl (C=O) groups is 2. The van der Waals surface area contributed by atoms with E-state index in [-0.39, 0.29) is 18.0 Å². The Labute approximate surface area is 150 Å². The average Bonchev–Trinajstić information content (AvgIpc) is 2.51. The molecule has 1 aromatic rings. The molecule has 1 atom stereocenters. The Hall–Kier alpha value is -2.37. The second kappa shape index (κ2) is 9.20.